The van der Waals surface area contributed by atoms with E-state index in [1.54, 1.807) is 10.9 Å². The first-order valence-corrected chi connectivity index (χ1v) is 13.6. The molecule has 6 rings (SSSR count). The molecule has 0 unspecified atom stereocenters. The van der Waals surface area contributed by atoms with E-state index >= 15 is 0 Å². The van der Waals surface area contributed by atoms with E-state index < -0.39 is 11.6 Å². The number of para-hydroxylation sites is 1. The number of H-pyrrole nitrogens is 1. The molecule has 216 valence electrons. The lowest BCUT2D eigenvalue weighted by molar-refractivity contribution is -0.117. The average Bonchev–Trinajstić information content (AvgIpc) is 3.66. The molecule has 1 saturated heterocycles. The van der Waals surface area contributed by atoms with Crippen molar-refractivity contribution in [3.63, 3.8) is 0 Å². The van der Waals surface area contributed by atoms with Gasteiger partial charge in [0.15, 0.2) is 17.4 Å². The summed E-state index contributed by atoms with van der Waals surface area (Å²) in [4.78, 5) is 27.4. The summed E-state index contributed by atoms with van der Waals surface area (Å²) in [6.45, 7) is 5.16. The fourth-order valence-corrected chi connectivity index (χ4v) is 5.15. The molecule has 3 N–H and O–H groups in total. The summed E-state index contributed by atoms with van der Waals surface area (Å²) in [5, 5.41) is 11.5. The number of benzene rings is 2. The zero-order chi connectivity index (χ0) is 29.4. The number of hydrogen-bond donors (Lipinski definition) is 3. The molecule has 10 nitrogen and oxygen atoms in total. The molecule has 0 aliphatic carbocycles. The first-order valence-electron chi connectivity index (χ1n) is 13.6. The molecule has 1 atom stereocenters. The van der Waals surface area contributed by atoms with Crippen molar-refractivity contribution in [3.8, 4) is 17.0 Å². The predicted molar refractivity (Wildman–Crippen MR) is 156 cm³/mol. The van der Waals surface area contributed by atoms with Crippen LogP contribution in [-0.2, 0) is 11.8 Å². The molecule has 1 aliphatic rings. The number of nitrogens with zero attached hydrogens (tertiary/aromatic N) is 5. The number of carbonyl (C=O) groups excluding carboxylic acids is 1. The lowest BCUT2D eigenvalue weighted by Crippen LogP contribution is -2.33. The van der Waals surface area contributed by atoms with Gasteiger partial charge in [-0.05, 0) is 44.0 Å². The quantitative estimate of drug-likeness (QED) is 0.237. The van der Waals surface area contributed by atoms with Crippen LogP contribution in [0.3, 0.4) is 0 Å². The van der Waals surface area contributed by atoms with E-state index in [9.17, 15) is 13.6 Å². The van der Waals surface area contributed by atoms with Gasteiger partial charge in [-0.1, -0.05) is 12.1 Å². The first kappa shape index (κ1) is 27.3. The second-order valence-corrected chi connectivity index (χ2v) is 10.5. The van der Waals surface area contributed by atoms with Crippen LogP contribution in [0.15, 0.2) is 54.9 Å². The number of fused-ring (bicyclic) bond motifs is 1. The largest absolute Gasteiger partial charge is 0.486 e. The van der Waals surface area contributed by atoms with Crippen LogP contribution in [0.25, 0.3) is 22.2 Å². The minimum absolute atomic E-state index is 0.00980. The van der Waals surface area contributed by atoms with Crippen molar-refractivity contribution in [2.24, 2.45) is 7.05 Å². The van der Waals surface area contributed by atoms with E-state index in [0.717, 1.165) is 45.6 Å². The van der Waals surface area contributed by atoms with Crippen LogP contribution in [0.4, 0.5) is 26.2 Å². The highest BCUT2D eigenvalue weighted by Gasteiger charge is 2.26. The van der Waals surface area contributed by atoms with Gasteiger partial charge in [-0.25, -0.2) is 18.7 Å². The second-order valence-electron chi connectivity index (χ2n) is 10.5. The fraction of sp³-hybridized carbons (Fsp3) is 0.267. The molecule has 0 radical (unpaired) electrons. The highest BCUT2D eigenvalue weighted by atomic mass is 19.1. The zero-order valence-corrected chi connectivity index (χ0v) is 23.4. The molecule has 1 amide bonds. The Kier molecular flexibility index (Phi) is 7.29. The molecule has 2 aromatic carbocycles. The third-order valence-electron chi connectivity index (χ3n) is 7.35. The number of aromatic nitrogens is 5. The third kappa shape index (κ3) is 5.66. The number of anilines is 3. The van der Waals surface area contributed by atoms with Crippen molar-refractivity contribution < 1.29 is 18.3 Å². The van der Waals surface area contributed by atoms with Crippen LogP contribution in [0.2, 0.25) is 0 Å². The van der Waals surface area contributed by atoms with E-state index in [1.165, 1.54) is 6.07 Å². The molecule has 0 saturated carbocycles. The molecule has 42 heavy (non-hydrogen) atoms. The fourth-order valence-electron chi connectivity index (χ4n) is 5.15. The van der Waals surface area contributed by atoms with E-state index in [0.29, 0.717) is 37.0 Å². The van der Waals surface area contributed by atoms with Crippen molar-refractivity contribution in [2.45, 2.75) is 26.4 Å². The number of nitrogens with one attached hydrogen (secondary N) is 3. The summed E-state index contributed by atoms with van der Waals surface area (Å²) in [6.07, 6.45) is 3.99. The number of hydrogen-bond acceptors (Lipinski definition) is 7. The number of halogens is 2. The molecule has 4 heterocycles. The maximum absolute atomic E-state index is 14.0. The van der Waals surface area contributed by atoms with Gasteiger partial charge >= 0.3 is 0 Å². The summed E-state index contributed by atoms with van der Waals surface area (Å²) in [5.41, 5.74) is 4.99. The molecule has 5 aromatic rings. The number of likely N-dealkylation sites (tertiary alicyclic amines) is 1. The Balaban J connectivity index is 1.14. The van der Waals surface area contributed by atoms with Crippen LogP contribution in [0, 0.1) is 25.5 Å². The van der Waals surface area contributed by atoms with E-state index in [2.05, 4.69) is 25.7 Å². The first-order chi connectivity index (χ1) is 20.2. The van der Waals surface area contributed by atoms with E-state index in [-0.39, 0.29) is 24.3 Å². The van der Waals surface area contributed by atoms with Crippen molar-refractivity contribution in [1.82, 2.24) is 29.6 Å². The van der Waals surface area contributed by atoms with Gasteiger partial charge in [0, 0.05) is 61.3 Å². The average molecular weight is 573 g/mol. The van der Waals surface area contributed by atoms with Crippen LogP contribution in [-0.4, -0.2) is 61.3 Å². The standard InChI is InChI=1S/C30H30F2N8O2/c1-17-13-34-30(36-26-11-18(2)39(3)38-26)37-28(17)22-14-33-29-21(22)5-4-6-24(29)35-27(41)16-40-10-9-20(15-40)42-25-8-7-19(31)12-23(25)32/h4-8,11-14,20,33H,9-10,15-16H2,1-3H3,(H,35,41)(H,34,36,37,38)/t20-/m0/s1. The van der Waals surface area contributed by atoms with Gasteiger partial charge in [0.25, 0.3) is 0 Å². The normalized spacial score (nSPS) is 15.3. The highest BCUT2D eigenvalue weighted by Crippen LogP contribution is 2.33. The number of amides is 1. The summed E-state index contributed by atoms with van der Waals surface area (Å²) >= 11 is 0. The highest BCUT2D eigenvalue weighted by molar-refractivity contribution is 6.06. The summed E-state index contributed by atoms with van der Waals surface area (Å²) in [5.74, 6) is -0.469. The molecule has 12 heteroatoms. The molecule has 1 aliphatic heterocycles. The van der Waals surface area contributed by atoms with Crippen molar-refractivity contribution >= 4 is 34.3 Å². The lowest BCUT2D eigenvalue weighted by Gasteiger charge is -2.17. The van der Waals surface area contributed by atoms with Crippen molar-refractivity contribution in [2.75, 3.05) is 30.3 Å². The minimum Gasteiger partial charge on any atom is -0.486 e. The Hall–Kier alpha value is -4.84. The van der Waals surface area contributed by atoms with Gasteiger partial charge < -0.3 is 20.4 Å². The summed E-state index contributed by atoms with van der Waals surface area (Å²) in [7, 11) is 1.87. The Bertz CT molecular complexity index is 1760. The van der Waals surface area contributed by atoms with Crippen LogP contribution >= 0.6 is 0 Å². The van der Waals surface area contributed by atoms with Crippen molar-refractivity contribution in [1.29, 1.82) is 0 Å². The maximum Gasteiger partial charge on any atom is 0.238 e. The Labute approximate surface area is 240 Å². The monoisotopic (exact) mass is 572 g/mol. The summed E-state index contributed by atoms with van der Waals surface area (Å²) < 4.78 is 34.7. The number of aryl methyl sites for hydroxylation is 3. The zero-order valence-electron chi connectivity index (χ0n) is 23.4. The van der Waals surface area contributed by atoms with Gasteiger partial charge in [0.2, 0.25) is 11.9 Å². The Morgan fingerprint density at radius 2 is 2.05 bits per heavy atom. The predicted octanol–water partition coefficient (Wildman–Crippen LogP) is 5.09. The van der Waals surface area contributed by atoms with Crippen LogP contribution in [0.5, 0.6) is 5.75 Å². The second kappa shape index (κ2) is 11.2. The van der Waals surface area contributed by atoms with Gasteiger partial charge in [0.1, 0.15) is 11.9 Å². The number of aromatic amines is 1. The van der Waals surface area contributed by atoms with E-state index in [1.807, 2.05) is 56.3 Å². The number of carbonyl (C=O) groups is 1. The number of ether oxygens (including phenoxy) is 1. The molecule has 0 spiro atoms. The van der Waals surface area contributed by atoms with E-state index in [4.69, 9.17) is 9.72 Å². The topological polar surface area (TPSA) is 113 Å². The van der Waals surface area contributed by atoms with Crippen molar-refractivity contribution in [3.05, 3.63) is 77.8 Å². The molecule has 1 fully saturated rings. The maximum atomic E-state index is 14.0. The van der Waals surface area contributed by atoms with Crippen LogP contribution in [0.1, 0.15) is 17.7 Å². The minimum atomic E-state index is -0.738. The van der Waals surface area contributed by atoms with Crippen LogP contribution < -0.4 is 15.4 Å². The molecular formula is C30H30F2N8O2. The van der Waals surface area contributed by atoms with Gasteiger partial charge in [-0.2, -0.15) is 5.10 Å². The Morgan fingerprint density at radius 1 is 1.19 bits per heavy atom. The molecule has 0 bridgehead atoms. The SMILES string of the molecule is Cc1cnc(Nc2cc(C)n(C)n2)nc1-c1c[nH]c2c(NC(=O)CN3CC[C@H](Oc4ccc(F)cc4F)C3)cccc12. The van der Waals surface area contributed by atoms with Gasteiger partial charge in [-0.15, -0.1) is 0 Å². The lowest BCUT2D eigenvalue weighted by atomic mass is 10.1. The van der Waals surface area contributed by atoms with Gasteiger partial charge in [-0.3, -0.25) is 14.4 Å². The smallest absolute Gasteiger partial charge is 0.238 e. The molecule has 3 aromatic heterocycles. The third-order valence-corrected chi connectivity index (χ3v) is 7.35. The summed E-state index contributed by atoms with van der Waals surface area (Å²) in [6, 6.07) is 10.9. The van der Waals surface area contributed by atoms with Gasteiger partial charge in [0.05, 0.1) is 23.4 Å². The Morgan fingerprint density at radius 3 is 2.83 bits per heavy atom. The molecular weight excluding hydrogens is 542 g/mol. The number of rotatable bonds is 8.